The van der Waals surface area contributed by atoms with Crippen LogP contribution in [0, 0.1) is 0 Å². The highest BCUT2D eigenvalue weighted by molar-refractivity contribution is 7.47. The van der Waals surface area contributed by atoms with E-state index in [0.29, 0.717) is 30.3 Å². The lowest BCUT2D eigenvalue weighted by molar-refractivity contribution is -0.870. The number of hydrogen-bond donors (Lipinski definition) is 3. The maximum Gasteiger partial charge on any atom is 0.472 e. The maximum absolute atomic E-state index is 13.0. The Balaban J connectivity index is 4.24. The number of carbonyl (C=O) groups is 1. The monoisotopic (exact) mass is 1110 g/mol. The van der Waals surface area contributed by atoms with Crippen LogP contribution in [-0.4, -0.2) is 73.4 Å². The van der Waals surface area contributed by atoms with Crippen molar-refractivity contribution in [1.29, 1.82) is 0 Å². The van der Waals surface area contributed by atoms with Gasteiger partial charge in [-0.1, -0.05) is 297 Å². The number of hydrogen-bond acceptors (Lipinski definition) is 5. The molecule has 78 heavy (non-hydrogen) atoms. The molecule has 1 amide bonds. The molecule has 0 saturated carbocycles. The van der Waals surface area contributed by atoms with Crippen molar-refractivity contribution >= 4 is 13.7 Å². The number of aliphatic hydroxyl groups excluding tert-OH is 1. The number of carbonyl (C=O) groups excluding carboxylic acids is 1. The summed E-state index contributed by atoms with van der Waals surface area (Å²) in [5.41, 5.74) is 0. The molecular weight excluding hydrogens is 984 g/mol. The molecule has 3 N–H and O–H groups in total. The zero-order chi connectivity index (χ0) is 57.0. The number of phosphoric acid groups is 1. The van der Waals surface area contributed by atoms with Gasteiger partial charge in [-0.25, -0.2) is 4.57 Å². The Labute approximate surface area is 482 Å². The summed E-state index contributed by atoms with van der Waals surface area (Å²) in [6, 6.07) is -0.801. The molecule has 0 aliphatic rings. The van der Waals surface area contributed by atoms with Crippen molar-refractivity contribution in [3.63, 3.8) is 0 Å². The van der Waals surface area contributed by atoms with Crippen LogP contribution >= 0.6 is 7.82 Å². The van der Waals surface area contributed by atoms with E-state index in [2.05, 4.69) is 129 Å². The molecule has 0 spiro atoms. The summed E-state index contributed by atoms with van der Waals surface area (Å²) in [6.07, 6.45) is 86.1. The van der Waals surface area contributed by atoms with Crippen LogP contribution in [0.2, 0.25) is 0 Å². The van der Waals surface area contributed by atoms with Gasteiger partial charge in [0.25, 0.3) is 0 Å². The Hall–Kier alpha value is -2.84. The van der Waals surface area contributed by atoms with Crippen molar-refractivity contribution in [1.82, 2.24) is 5.32 Å². The Morgan fingerprint density at radius 2 is 0.756 bits per heavy atom. The summed E-state index contributed by atoms with van der Waals surface area (Å²) in [6.45, 7) is 4.75. The van der Waals surface area contributed by atoms with E-state index in [1.165, 1.54) is 154 Å². The average Bonchev–Trinajstić information content (AvgIpc) is 3.41. The molecule has 8 nitrogen and oxygen atoms in total. The molecule has 0 heterocycles. The van der Waals surface area contributed by atoms with E-state index < -0.39 is 20.0 Å². The molecule has 3 unspecified atom stereocenters. The Bertz CT molecular complexity index is 1640. The fourth-order valence-corrected chi connectivity index (χ4v) is 9.79. The molecule has 0 fully saturated rings. The molecule has 3 atom stereocenters. The molecule has 0 aromatic heterocycles. The van der Waals surface area contributed by atoms with Crippen LogP contribution in [0.15, 0.2) is 109 Å². The molecule has 0 aromatic rings. The van der Waals surface area contributed by atoms with Gasteiger partial charge in [0, 0.05) is 6.42 Å². The number of rotatable bonds is 58. The van der Waals surface area contributed by atoms with Gasteiger partial charge in [-0.3, -0.25) is 13.8 Å². The maximum atomic E-state index is 13.0. The number of nitrogens with zero attached hydrogens (tertiary/aromatic N) is 1. The molecule has 0 saturated heterocycles. The molecule has 0 aliphatic carbocycles. The van der Waals surface area contributed by atoms with Gasteiger partial charge < -0.3 is 19.8 Å². The average molecular weight is 1110 g/mol. The molecule has 0 bridgehead atoms. The summed E-state index contributed by atoms with van der Waals surface area (Å²) in [5.74, 6) is -0.203. The fraction of sp³-hybridized carbons (Fsp3) is 0.725. The summed E-state index contributed by atoms with van der Waals surface area (Å²) in [5, 5.41) is 14.1. The standard InChI is InChI=1S/C69H123N2O6P/c1-6-8-10-12-14-16-18-20-22-24-26-28-30-32-34-35-37-39-41-43-45-47-49-51-53-55-57-59-61-63-69(73)70-67(66-77-78(74,75)76-65-64-71(3,4)5)68(72)62-60-58-56-54-52-50-48-46-44-42-40-38-36-33-31-29-27-25-23-21-19-17-15-13-11-9-7-2/h8,10,14,16,20,22,26,28,32,34,37,39,43,45,49,51,55,57,67-68,72H,6-7,9,11-13,15,17-19,21,23-25,27,29-31,33,35-36,38,40-42,44,46-48,50,52-54,56,58-66H2,1-5H3,(H-,70,73,74,75)/p+1/b10-8-,16-14-,22-20-,28-26-,34-32-,39-37-,45-43-,51-49-,57-55-. The van der Waals surface area contributed by atoms with Crippen molar-refractivity contribution in [2.24, 2.45) is 0 Å². The van der Waals surface area contributed by atoms with Crippen LogP contribution in [0.3, 0.4) is 0 Å². The summed E-state index contributed by atoms with van der Waals surface area (Å²) in [4.78, 5) is 23.4. The molecule has 0 rings (SSSR count). The van der Waals surface area contributed by atoms with Gasteiger partial charge in [-0.05, 0) is 77.0 Å². The van der Waals surface area contributed by atoms with E-state index >= 15 is 0 Å². The number of aliphatic hydroxyl groups is 1. The fourth-order valence-electron chi connectivity index (χ4n) is 9.05. The van der Waals surface area contributed by atoms with Crippen LogP contribution in [0.5, 0.6) is 0 Å². The zero-order valence-corrected chi connectivity index (χ0v) is 52.3. The number of nitrogens with one attached hydrogen (secondary N) is 1. The third-order valence-corrected chi connectivity index (χ3v) is 15.0. The lowest BCUT2D eigenvalue weighted by Gasteiger charge is -2.26. The molecule has 9 heteroatoms. The van der Waals surface area contributed by atoms with E-state index in [9.17, 15) is 19.4 Å². The first kappa shape index (κ1) is 75.2. The van der Waals surface area contributed by atoms with Crippen molar-refractivity contribution in [3.05, 3.63) is 109 Å². The van der Waals surface area contributed by atoms with Gasteiger partial charge >= 0.3 is 7.82 Å². The van der Waals surface area contributed by atoms with Crippen LogP contribution < -0.4 is 5.32 Å². The van der Waals surface area contributed by atoms with Gasteiger partial charge in [0.1, 0.15) is 13.2 Å². The Morgan fingerprint density at radius 1 is 0.449 bits per heavy atom. The van der Waals surface area contributed by atoms with E-state index in [-0.39, 0.29) is 19.1 Å². The van der Waals surface area contributed by atoms with Crippen LogP contribution in [0.1, 0.15) is 271 Å². The number of unbranched alkanes of at least 4 members (excludes halogenated alkanes) is 27. The first-order chi connectivity index (χ1) is 38.0. The third-order valence-electron chi connectivity index (χ3n) is 14.0. The lowest BCUT2D eigenvalue weighted by Crippen LogP contribution is -2.46. The van der Waals surface area contributed by atoms with Crippen LogP contribution in [-0.2, 0) is 18.4 Å². The van der Waals surface area contributed by atoms with Gasteiger partial charge in [-0.15, -0.1) is 0 Å². The number of allylic oxidation sites excluding steroid dienone is 18. The highest BCUT2D eigenvalue weighted by Gasteiger charge is 2.28. The highest BCUT2D eigenvalue weighted by Crippen LogP contribution is 2.43. The number of quaternary nitrogens is 1. The second-order valence-corrected chi connectivity index (χ2v) is 24.2. The quantitative estimate of drug-likeness (QED) is 0.0243. The first-order valence-corrected chi connectivity index (χ1v) is 33.7. The lowest BCUT2D eigenvalue weighted by atomic mass is 10.0. The van der Waals surface area contributed by atoms with E-state index in [4.69, 9.17) is 9.05 Å². The normalized spacial score (nSPS) is 14.5. The SMILES string of the molecule is CC/C=C\C/C=C\C/C=C\C/C=C\C/C=C\C/C=C\C/C=C\C/C=C\C/C=C\CCCC(=O)NC(COP(=O)(O)OCC[N+](C)(C)C)C(O)CCCCCCCCCCCCCCCCCCCCCCCCCCCCC. The van der Waals surface area contributed by atoms with Crippen LogP contribution in [0.4, 0.5) is 0 Å². The van der Waals surface area contributed by atoms with Crippen LogP contribution in [0.25, 0.3) is 0 Å². The zero-order valence-electron chi connectivity index (χ0n) is 51.4. The third kappa shape index (κ3) is 60.8. The highest BCUT2D eigenvalue weighted by atomic mass is 31.2. The second kappa shape index (κ2) is 58.8. The topological polar surface area (TPSA) is 105 Å². The van der Waals surface area contributed by atoms with Gasteiger partial charge in [0.05, 0.1) is 39.9 Å². The second-order valence-electron chi connectivity index (χ2n) is 22.8. The summed E-state index contributed by atoms with van der Waals surface area (Å²) in [7, 11) is 1.57. The van der Waals surface area contributed by atoms with Gasteiger partial charge in [0.15, 0.2) is 0 Å². The minimum atomic E-state index is -4.35. The summed E-state index contributed by atoms with van der Waals surface area (Å²) < 4.78 is 23.8. The van der Waals surface area contributed by atoms with Crippen molar-refractivity contribution in [2.75, 3.05) is 40.9 Å². The minimum Gasteiger partial charge on any atom is -0.391 e. The van der Waals surface area contributed by atoms with Crippen molar-refractivity contribution in [3.8, 4) is 0 Å². The molecular formula is C69H124N2O6P+. The van der Waals surface area contributed by atoms with E-state index in [1.54, 1.807) is 0 Å². The molecule has 0 radical (unpaired) electrons. The van der Waals surface area contributed by atoms with Gasteiger partial charge in [-0.2, -0.15) is 0 Å². The van der Waals surface area contributed by atoms with E-state index in [1.807, 2.05) is 21.1 Å². The minimum absolute atomic E-state index is 0.0581. The van der Waals surface area contributed by atoms with Gasteiger partial charge in [0.2, 0.25) is 5.91 Å². The smallest absolute Gasteiger partial charge is 0.391 e. The number of amides is 1. The number of likely N-dealkylation sites (N-methyl/N-ethyl adjacent to an activating group) is 1. The Morgan fingerprint density at radius 3 is 1.08 bits per heavy atom. The largest absolute Gasteiger partial charge is 0.472 e. The van der Waals surface area contributed by atoms with E-state index in [0.717, 1.165) is 83.5 Å². The van der Waals surface area contributed by atoms with Crippen molar-refractivity contribution < 1.29 is 32.9 Å². The Kier molecular flexibility index (Phi) is 56.7. The predicted octanol–water partition coefficient (Wildman–Crippen LogP) is 20.3. The van der Waals surface area contributed by atoms with Crippen molar-refractivity contribution in [2.45, 2.75) is 283 Å². The number of phosphoric ester groups is 1. The summed E-state index contributed by atoms with van der Waals surface area (Å²) >= 11 is 0. The first-order valence-electron chi connectivity index (χ1n) is 32.3. The predicted molar refractivity (Wildman–Crippen MR) is 341 cm³/mol. The molecule has 450 valence electrons. The molecule has 0 aromatic carbocycles. The molecule has 0 aliphatic heterocycles.